The molecular formula is C14H13Cl3O2S. The van der Waals surface area contributed by atoms with Crippen molar-refractivity contribution in [2.24, 2.45) is 0 Å². The lowest BCUT2D eigenvalue weighted by Crippen LogP contribution is -1.99. The molecule has 1 atom stereocenters. The van der Waals surface area contributed by atoms with Gasteiger partial charge in [-0.15, -0.1) is 22.9 Å². The first-order valence-electron chi connectivity index (χ1n) is 5.79. The zero-order valence-electron chi connectivity index (χ0n) is 11.2. The molecular weight excluding hydrogens is 339 g/mol. The summed E-state index contributed by atoms with van der Waals surface area (Å²) in [5.74, 6) is 1.05. The molecule has 20 heavy (non-hydrogen) atoms. The van der Waals surface area contributed by atoms with Gasteiger partial charge in [-0.05, 0) is 30.0 Å². The Kier molecular flexibility index (Phi) is 5.08. The van der Waals surface area contributed by atoms with Gasteiger partial charge < -0.3 is 9.47 Å². The van der Waals surface area contributed by atoms with Crippen LogP contribution < -0.4 is 9.47 Å². The fraction of sp³-hybridized carbons (Fsp3) is 0.286. The summed E-state index contributed by atoms with van der Waals surface area (Å²) in [5, 5.41) is 2.65. The average Bonchev–Trinajstić information content (AvgIpc) is 2.78. The van der Waals surface area contributed by atoms with E-state index in [4.69, 9.17) is 44.3 Å². The van der Waals surface area contributed by atoms with Crippen molar-refractivity contribution in [1.82, 2.24) is 0 Å². The highest BCUT2D eigenvalue weighted by molar-refractivity contribution is 7.11. The summed E-state index contributed by atoms with van der Waals surface area (Å²) >= 11 is 20.6. The molecule has 2 nitrogen and oxygen atoms in total. The molecule has 1 aromatic carbocycles. The second-order valence-corrected chi connectivity index (χ2v) is 6.27. The first-order valence-corrected chi connectivity index (χ1v) is 7.86. The number of hydrogen-bond acceptors (Lipinski definition) is 3. The molecule has 0 saturated heterocycles. The monoisotopic (exact) mass is 350 g/mol. The number of halogens is 3. The summed E-state index contributed by atoms with van der Waals surface area (Å²) in [6.07, 6.45) is 0. The Hall–Kier alpha value is -0.610. The van der Waals surface area contributed by atoms with Crippen LogP contribution in [0.4, 0.5) is 0 Å². The van der Waals surface area contributed by atoms with Crippen molar-refractivity contribution in [2.45, 2.75) is 12.3 Å². The van der Waals surface area contributed by atoms with Gasteiger partial charge >= 0.3 is 0 Å². The van der Waals surface area contributed by atoms with Crippen LogP contribution in [0.3, 0.4) is 0 Å². The van der Waals surface area contributed by atoms with E-state index in [0.717, 1.165) is 16.0 Å². The van der Waals surface area contributed by atoms with Crippen molar-refractivity contribution in [3.8, 4) is 11.5 Å². The third-order valence-corrected chi connectivity index (χ3v) is 5.66. The van der Waals surface area contributed by atoms with E-state index < -0.39 is 5.38 Å². The van der Waals surface area contributed by atoms with Crippen LogP contribution in [0.15, 0.2) is 17.5 Å². The Morgan fingerprint density at radius 3 is 2.30 bits per heavy atom. The highest BCUT2D eigenvalue weighted by Crippen LogP contribution is 2.46. The molecule has 0 fully saturated rings. The summed E-state index contributed by atoms with van der Waals surface area (Å²) in [4.78, 5) is 0.880. The third kappa shape index (κ3) is 2.73. The number of rotatable bonds is 4. The maximum Gasteiger partial charge on any atom is 0.146 e. The summed E-state index contributed by atoms with van der Waals surface area (Å²) < 4.78 is 10.6. The summed E-state index contributed by atoms with van der Waals surface area (Å²) in [5.41, 5.74) is 1.78. The Balaban J connectivity index is 2.52. The number of thiophene rings is 1. The minimum absolute atomic E-state index is 0.405. The maximum atomic E-state index is 6.55. The standard InChI is InChI=1S/C14H13Cl3O2S/c1-7-6-20-14(10(7)15)11(16)8-4-5-9(18-2)12(17)13(8)19-3/h4-6,11H,1-3H3. The lowest BCUT2D eigenvalue weighted by atomic mass is 10.1. The number of benzene rings is 1. The predicted octanol–water partition coefficient (Wildman–Crippen LogP) is 5.71. The van der Waals surface area contributed by atoms with E-state index in [1.54, 1.807) is 20.3 Å². The van der Waals surface area contributed by atoms with Crippen molar-refractivity contribution in [2.75, 3.05) is 14.2 Å². The van der Waals surface area contributed by atoms with Gasteiger partial charge in [0.15, 0.2) is 0 Å². The lowest BCUT2D eigenvalue weighted by Gasteiger charge is -2.16. The van der Waals surface area contributed by atoms with Gasteiger partial charge in [-0.25, -0.2) is 0 Å². The van der Waals surface area contributed by atoms with E-state index in [-0.39, 0.29) is 0 Å². The summed E-state index contributed by atoms with van der Waals surface area (Å²) in [7, 11) is 3.10. The molecule has 0 spiro atoms. The first kappa shape index (κ1) is 15.8. The van der Waals surface area contributed by atoms with E-state index in [0.29, 0.717) is 21.5 Å². The molecule has 2 rings (SSSR count). The Bertz CT molecular complexity index is 625. The van der Waals surface area contributed by atoms with Crippen LogP contribution in [0.5, 0.6) is 11.5 Å². The molecule has 0 amide bonds. The van der Waals surface area contributed by atoms with Gasteiger partial charge in [0.2, 0.25) is 0 Å². The van der Waals surface area contributed by atoms with Crippen molar-refractivity contribution < 1.29 is 9.47 Å². The van der Waals surface area contributed by atoms with Crippen LogP contribution in [-0.2, 0) is 0 Å². The van der Waals surface area contributed by atoms with Gasteiger partial charge in [0.05, 0.1) is 24.6 Å². The fourth-order valence-electron chi connectivity index (χ4n) is 1.88. The maximum absolute atomic E-state index is 6.55. The van der Waals surface area contributed by atoms with Crippen LogP contribution in [0, 0.1) is 6.92 Å². The molecule has 0 N–H and O–H groups in total. The highest BCUT2D eigenvalue weighted by Gasteiger charge is 2.23. The number of methoxy groups -OCH3 is 2. The van der Waals surface area contributed by atoms with Crippen LogP contribution in [0.25, 0.3) is 0 Å². The zero-order chi connectivity index (χ0) is 14.9. The Morgan fingerprint density at radius 1 is 1.10 bits per heavy atom. The molecule has 0 aliphatic heterocycles. The van der Waals surface area contributed by atoms with Crippen molar-refractivity contribution in [1.29, 1.82) is 0 Å². The predicted molar refractivity (Wildman–Crippen MR) is 86.3 cm³/mol. The molecule has 0 saturated carbocycles. The SMILES string of the molecule is COc1ccc(C(Cl)c2scc(C)c2Cl)c(OC)c1Cl. The highest BCUT2D eigenvalue weighted by atomic mass is 35.5. The molecule has 1 heterocycles. The fourth-order valence-corrected chi connectivity index (χ4v) is 3.99. The van der Waals surface area contributed by atoms with Gasteiger partial charge in [-0.2, -0.15) is 0 Å². The lowest BCUT2D eigenvalue weighted by molar-refractivity contribution is 0.392. The average molecular weight is 352 g/mol. The Morgan fingerprint density at radius 2 is 1.80 bits per heavy atom. The molecule has 2 aromatic rings. The van der Waals surface area contributed by atoms with Gasteiger partial charge in [0.25, 0.3) is 0 Å². The minimum atomic E-state index is -0.417. The third-order valence-electron chi connectivity index (χ3n) is 2.94. The van der Waals surface area contributed by atoms with Gasteiger partial charge in [-0.1, -0.05) is 23.2 Å². The molecule has 0 aliphatic rings. The van der Waals surface area contributed by atoms with E-state index >= 15 is 0 Å². The topological polar surface area (TPSA) is 18.5 Å². The second kappa shape index (κ2) is 6.44. The zero-order valence-corrected chi connectivity index (χ0v) is 14.3. The normalized spacial score (nSPS) is 12.3. The molecule has 6 heteroatoms. The molecule has 0 bridgehead atoms. The van der Waals surface area contributed by atoms with Crippen molar-refractivity contribution in [3.05, 3.63) is 43.6 Å². The van der Waals surface area contributed by atoms with Crippen LogP contribution >= 0.6 is 46.1 Å². The van der Waals surface area contributed by atoms with E-state index in [1.165, 1.54) is 11.3 Å². The minimum Gasteiger partial charge on any atom is -0.495 e. The number of aryl methyl sites for hydroxylation is 1. The van der Waals surface area contributed by atoms with E-state index in [1.807, 2.05) is 18.4 Å². The smallest absolute Gasteiger partial charge is 0.146 e. The van der Waals surface area contributed by atoms with Crippen molar-refractivity contribution >= 4 is 46.1 Å². The van der Waals surface area contributed by atoms with Crippen molar-refractivity contribution in [3.63, 3.8) is 0 Å². The molecule has 0 aliphatic carbocycles. The largest absolute Gasteiger partial charge is 0.495 e. The first-order chi connectivity index (χ1) is 9.51. The quantitative estimate of drug-likeness (QED) is 0.657. The van der Waals surface area contributed by atoms with Crippen LogP contribution in [0.2, 0.25) is 10.0 Å². The summed E-state index contributed by atoms with van der Waals surface area (Å²) in [6.45, 7) is 1.95. The number of alkyl halides is 1. The second-order valence-electron chi connectivity index (χ2n) is 4.16. The summed E-state index contributed by atoms with van der Waals surface area (Å²) in [6, 6.07) is 3.61. The molecule has 1 unspecified atom stereocenters. The van der Waals surface area contributed by atoms with Gasteiger partial charge in [-0.3, -0.25) is 0 Å². The van der Waals surface area contributed by atoms with E-state index in [9.17, 15) is 0 Å². The molecule has 108 valence electrons. The Labute approximate surface area is 137 Å². The molecule has 0 radical (unpaired) electrons. The molecule has 1 aromatic heterocycles. The van der Waals surface area contributed by atoms with Gasteiger partial charge in [0, 0.05) is 10.4 Å². The van der Waals surface area contributed by atoms with Gasteiger partial charge in [0.1, 0.15) is 16.5 Å². The number of ether oxygens (including phenoxy) is 2. The number of hydrogen-bond donors (Lipinski definition) is 0. The van der Waals surface area contributed by atoms with Crippen LogP contribution in [-0.4, -0.2) is 14.2 Å². The van der Waals surface area contributed by atoms with Crippen LogP contribution in [0.1, 0.15) is 21.4 Å². The van der Waals surface area contributed by atoms with E-state index in [2.05, 4.69) is 0 Å².